The van der Waals surface area contributed by atoms with Gasteiger partial charge in [-0.3, -0.25) is 4.90 Å². The van der Waals surface area contributed by atoms with Gasteiger partial charge < -0.3 is 0 Å². The number of hydrogen-bond donors (Lipinski definition) is 0. The van der Waals surface area contributed by atoms with Crippen LogP contribution in [0.15, 0.2) is 0 Å². The number of rotatable bonds is 1. The third kappa shape index (κ3) is 2.16. The van der Waals surface area contributed by atoms with E-state index in [4.69, 9.17) is 0 Å². The smallest absolute Gasteiger partial charge is 0.0125 e. The molecule has 1 heteroatoms. The summed E-state index contributed by atoms with van der Waals surface area (Å²) in [6.07, 6.45) is 12.6. The van der Waals surface area contributed by atoms with Crippen molar-refractivity contribution in [3.63, 3.8) is 0 Å². The lowest BCUT2D eigenvalue weighted by Crippen LogP contribution is -2.53. The van der Waals surface area contributed by atoms with Gasteiger partial charge in [0.25, 0.3) is 0 Å². The highest BCUT2D eigenvalue weighted by atomic mass is 15.2. The van der Waals surface area contributed by atoms with E-state index in [0.29, 0.717) is 5.54 Å². The van der Waals surface area contributed by atoms with Crippen LogP contribution in [0.2, 0.25) is 0 Å². The molecule has 0 aromatic heterocycles. The van der Waals surface area contributed by atoms with Gasteiger partial charge in [0, 0.05) is 5.54 Å². The Hall–Kier alpha value is -0.0400. The average molecular weight is 275 g/mol. The molecular formula is C19H33N. The van der Waals surface area contributed by atoms with E-state index in [2.05, 4.69) is 25.7 Å². The van der Waals surface area contributed by atoms with Crippen molar-refractivity contribution in [3.05, 3.63) is 0 Å². The van der Waals surface area contributed by atoms with Crippen LogP contribution in [0.25, 0.3) is 0 Å². The zero-order chi connectivity index (χ0) is 14.0. The summed E-state index contributed by atoms with van der Waals surface area (Å²) in [7, 11) is 0. The quantitative estimate of drug-likeness (QED) is 0.669. The van der Waals surface area contributed by atoms with Crippen molar-refractivity contribution >= 4 is 0 Å². The van der Waals surface area contributed by atoms with Crippen molar-refractivity contribution in [1.82, 2.24) is 4.90 Å². The first-order valence-corrected chi connectivity index (χ1v) is 9.20. The van der Waals surface area contributed by atoms with Gasteiger partial charge in [0.05, 0.1) is 0 Å². The molecule has 4 bridgehead atoms. The van der Waals surface area contributed by atoms with Crippen LogP contribution in [0.5, 0.6) is 0 Å². The summed E-state index contributed by atoms with van der Waals surface area (Å²) in [5, 5.41) is 0. The van der Waals surface area contributed by atoms with Crippen LogP contribution >= 0.6 is 0 Å². The lowest BCUT2D eigenvalue weighted by atomic mass is 9.45. The van der Waals surface area contributed by atoms with Crippen LogP contribution in [0.3, 0.4) is 0 Å². The molecule has 1 aliphatic heterocycles. The fourth-order valence-corrected chi connectivity index (χ4v) is 6.84. The Morgan fingerprint density at radius 3 is 1.65 bits per heavy atom. The van der Waals surface area contributed by atoms with Gasteiger partial charge in [0.15, 0.2) is 0 Å². The van der Waals surface area contributed by atoms with E-state index in [0.717, 1.165) is 29.1 Å². The predicted octanol–water partition coefficient (Wildman–Crippen LogP) is 4.71. The number of likely N-dealkylation sites (tertiary alicyclic amines) is 1. The Kier molecular flexibility index (Phi) is 3.05. The molecular weight excluding hydrogens is 242 g/mol. The normalized spacial score (nSPS) is 46.0. The van der Waals surface area contributed by atoms with E-state index in [1.165, 1.54) is 25.9 Å². The van der Waals surface area contributed by atoms with E-state index >= 15 is 0 Å². The van der Waals surface area contributed by atoms with Gasteiger partial charge in [-0.05, 0) is 114 Å². The van der Waals surface area contributed by atoms with Crippen molar-refractivity contribution in [2.24, 2.45) is 29.1 Å². The summed E-state index contributed by atoms with van der Waals surface area (Å²) in [5.74, 6) is 4.44. The molecule has 0 aromatic carbocycles. The summed E-state index contributed by atoms with van der Waals surface area (Å²) in [4.78, 5) is 2.73. The van der Waals surface area contributed by atoms with Crippen LogP contribution < -0.4 is 0 Å². The van der Waals surface area contributed by atoms with Crippen molar-refractivity contribution in [2.75, 3.05) is 13.1 Å². The molecule has 4 aliphatic carbocycles. The van der Waals surface area contributed by atoms with Crippen LogP contribution in [0, 0.1) is 29.1 Å². The average Bonchev–Trinajstić information content (AvgIpc) is 2.36. The van der Waals surface area contributed by atoms with Crippen LogP contribution in [-0.2, 0) is 0 Å². The van der Waals surface area contributed by atoms with Gasteiger partial charge >= 0.3 is 0 Å². The molecule has 1 heterocycles. The third-order valence-corrected chi connectivity index (χ3v) is 7.40. The molecule has 114 valence electrons. The maximum Gasteiger partial charge on any atom is 0.0125 e. The minimum Gasteiger partial charge on any atom is -0.298 e. The molecule has 0 amide bonds. The number of nitrogens with zero attached hydrogens (tertiary/aromatic N) is 1. The highest BCUT2D eigenvalue weighted by Gasteiger charge is 2.54. The first kappa shape index (κ1) is 13.6. The fraction of sp³-hybridized carbons (Fsp3) is 1.00. The first-order valence-electron chi connectivity index (χ1n) is 9.20. The van der Waals surface area contributed by atoms with Crippen LogP contribution in [0.4, 0.5) is 0 Å². The Bertz CT molecular complexity index is 334. The molecule has 5 rings (SSSR count). The predicted molar refractivity (Wildman–Crippen MR) is 84.7 cm³/mol. The molecule has 5 fully saturated rings. The van der Waals surface area contributed by atoms with E-state index in [9.17, 15) is 0 Å². The third-order valence-electron chi connectivity index (χ3n) is 7.40. The second-order valence-electron chi connectivity index (χ2n) is 9.71. The zero-order valence-electron chi connectivity index (χ0n) is 13.8. The van der Waals surface area contributed by atoms with Gasteiger partial charge in [0.1, 0.15) is 0 Å². The molecule has 1 nitrogen and oxygen atoms in total. The lowest BCUT2D eigenvalue weighted by Gasteiger charge is -2.61. The zero-order valence-corrected chi connectivity index (χ0v) is 13.8. The van der Waals surface area contributed by atoms with Gasteiger partial charge in [0.2, 0.25) is 0 Å². The minimum atomic E-state index is 0.381. The Labute approximate surface area is 125 Å². The van der Waals surface area contributed by atoms with E-state index in [1.54, 1.807) is 38.5 Å². The molecule has 0 N–H and O–H groups in total. The van der Waals surface area contributed by atoms with Crippen molar-refractivity contribution in [3.8, 4) is 0 Å². The summed E-state index contributed by atoms with van der Waals surface area (Å²) >= 11 is 0. The van der Waals surface area contributed by atoms with Crippen molar-refractivity contribution in [2.45, 2.75) is 77.7 Å². The molecule has 4 saturated carbocycles. The summed E-state index contributed by atoms with van der Waals surface area (Å²) in [5.41, 5.74) is 1.19. The SMILES string of the molecule is CC(C)(C)N1CCC(C23CC4CC(CC(C4)C2)C3)CC1. The standard InChI is InChI=1S/C19H33N/c1-18(2,3)20-6-4-17(5-7-20)19-11-14-8-15(12-19)10-16(9-14)13-19/h14-17H,4-13H2,1-3H3. The Morgan fingerprint density at radius 2 is 1.25 bits per heavy atom. The van der Waals surface area contributed by atoms with Gasteiger partial charge in [-0.15, -0.1) is 0 Å². The minimum absolute atomic E-state index is 0.381. The summed E-state index contributed by atoms with van der Waals surface area (Å²) < 4.78 is 0. The van der Waals surface area contributed by atoms with E-state index < -0.39 is 0 Å². The molecule has 0 atom stereocenters. The van der Waals surface area contributed by atoms with Crippen molar-refractivity contribution in [1.29, 1.82) is 0 Å². The second kappa shape index (κ2) is 4.48. The highest BCUT2D eigenvalue weighted by molar-refractivity contribution is 5.05. The Morgan fingerprint density at radius 1 is 0.800 bits per heavy atom. The topological polar surface area (TPSA) is 3.24 Å². The lowest BCUT2D eigenvalue weighted by molar-refractivity contribution is -0.104. The first-order chi connectivity index (χ1) is 9.45. The molecule has 5 aliphatic rings. The molecule has 0 radical (unpaired) electrons. The van der Waals surface area contributed by atoms with E-state index in [1.807, 2.05) is 0 Å². The second-order valence-corrected chi connectivity index (χ2v) is 9.71. The summed E-state index contributed by atoms with van der Waals surface area (Å²) in [6.45, 7) is 9.87. The molecule has 20 heavy (non-hydrogen) atoms. The number of piperidine rings is 1. The molecule has 0 unspecified atom stereocenters. The number of hydrogen-bond acceptors (Lipinski definition) is 1. The van der Waals surface area contributed by atoms with Gasteiger partial charge in [-0.1, -0.05) is 0 Å². The van der Waals surface area contributed by atoms with Crippen LogP contribution in [0.1, 0.15) is 72.1 Å². The highest BCUT2D eigenvalue weighted by Crippen LogP contribution is 2.64. The monoisotopic (exact) mass is 275 g/mol. The summed E-state index contributed by atoms with van der Waals surface area (Å²) in [6, 6.07) is 0. The van der Waals surface area contributed by atoms with Gasteiger partial charge in [-0.25, -0.2) is 0 Å². The largest absolute Gasteiger partial charge is 0.298 e. The Balaban J connectivity index is 1.47. The molecule has 0 aromatic rings. The van der Waals surface area contributed by atoms with E-state index in [-0.39, 0.29) is 0 Å². The maximum atomic E-state index is 2.73. The van der Waals surface area contributed by atoms with Crippen LogP contribution in [-0.4, -0.2) is 23.5 Å². The van der Waals surface area contributed by atoms with Crippen molar-refractivity contribution < 1.29 is 0 Å². The maximum absolute atomic E-state index is 2.73. The molecule has 1 saturated heterocycles. The fourth-order valence-electron chi connectivity index (χ4n) is 6.84. The van der Waals surface area contributed by atoms with Gasteiger partial charge in [-0.2, -0.15) is 0 Å². The molecule has 0 spiro atoms.